The maximum Gasteiger partial charge on any atom is 0.494 e. The lowest BCUT2D eigenvalue weighted by molar-refractivity contribution is -0.207. The molecule has 0 unspecified atom stereocenters. The molecule has 30 heavy (non-hydrogen) atoms. The molecule has 0 saturated carbocycles. The van der Waals surface area contributed by atoms with Crippen LogP contribution in [0, 0.1) is 0 Å². The lowest BCUT2D eigenvalue weighted by Gasteiger charge is -2.11. The molecule has 0 saturated heterocycles. The summed E-state index contributed by atoms with van der Waals surface area (Å²) < 4.78 is 65.9. The van der Waals surface area contributed by atoms with Gasteiger partial charge in [-0.2, -0.15) is 4.57 Å². The number of thiazole rings is 1. The highest BCUT2D eigenvalue weighted by molar-refractivity contribution is 8.00. The number of halogens is 3. The quantitative estimate of drug-likeness (QED) is 0.660. The van der Waals surface area contributed by atoms with Crippen LogP contribution >= 0.6 is 11.3 Å². The van der Waals surface area contributed by atoms with Gasteiger partial charge in [0.05, 0.1) is 10.6 Å². The molecule has 0 atom stereocenters. The summed E-state index contributed by atoms with van der Waals surface area (Å²) in [6, 6.07) is 11.5. The Morgan fingerprint density at radius 1 is 1.07 bits per heavy atom. The first-order chi connectivity index (χ1) is 14.1. The molecule has 0 spiro atoms. The predicted octanol–water partition coefficient (Wildman–Crippen LogP) is 2.22. The minimum atomic E-state index is -5.22. The Bertz CT molecular complexity index is 1470. The van der Waals surface area contributed by atoms with Gasteiger partial charge in [0, 0.05) is 16.7 Å². The Balaban J connectivity index is 2.19. The van der Waals surface area contributed by atoms with E-state index in [0.29, 0.717) is 10.9 Å². The van der Waals surface area contributed by atoms with Crippen LogP contribution in [0.5, 0.6) is 5.88 Å². The summed E-state index contributed by atoms with van der Waals surface area (Å²) in [6.07, 6.45) is -2.29. The first-order valence-corrected chi connectivity index (χ1v) is 10.6. The summed E-state index contributed by atoms with van der Waals surface area (Å²) >= 11 is 0.00429. The monoisotopic (exact) mass is 452 g/mol. The van der Waals surface area contributed by atoms with Gasteiger partial charge in [-0.25, -0.2) is 8.42 Å². The summed E-state index contributed by atoms with van der Waals surface area (Å²) in [5, 5.41) is 10.6. The smallest absolute Gasteiger partial charge is 0.493 e. The third-order valence-electron chi connectivity index (χ3n) is 4.35. The van der Waals surface area contributed by atoms with Crippen molar-refractivity contribution in [1.82, 2.24) is 4.57 Å². The minimum Gasteiger partial charge on any atom is -0.493 e. The number of sulfone groups is 1. The molecule has 0 amide bonds. The van der Waals surface area contributed by atoms with Gasteiger partial charge < -0.3 is 5.11 Å². The van der Waals surface area contributed by atoms with E-state index in [1.54, 1.807) is 12.1 Å². The van der Waals surface area contributed by atoms with Crippen LogP contribution in [0.25, 0.3) is 11.0 Å². The first kappa shape index (κ1) is 20.1. The lowest BCUT2D eigenvalue weighted by Crippen LogP contribution is -2.29. The van der Waals surface area contributed by atoms with Crippen LogP contribution in [0.1, 0.15) is 4.88 Å². The van der Waals surface area contributed by atoms with E-state index >= 15 is 0 Å². The highest BCUT2D eigenvalue weighted by Gasteiger charge is 2.40. The van der Waals surface area contributed by atoms with Crippen molar-refractivity contribution in [1.29, 1.82) is 0 Å². The summed E-state index contributed by atoms with van der Waals surface area (Å²) in [4.78, 5) is 13.0. The van der Waals surface area contributed by atoms with Gasteiger partial charge in [0.1, 0.15) is 9.78 Å². The molecule has 0 radical (unpaired) electrons. The largest absolute Gasteiger partial charge is 0.494 e. The molecular formula is C19H11F3N2O4S2. The van der Waals surface area contributed by atoms with Crippen molar-refractivity contribution >= 4 is 44.1 Å². The number of hydrogen-bond acceptors (Lipinski definition) is 6. The average molecular weight is 452 g/mol. The summed E-state index contributed by atoms with van der Waals surface area (Å²) in [6.45, 7) is 0. The molecule has 11 heteroatoms. The van der Waals surface area contributed by atoms with Gasteiger partial charge in [-0.3, -0.25) is 9.79 Å². The molecule has 3 aromatic rings. The van der Waals surface area contributed by atoms with Crippen LogP contribution in [0.3, 0.4) is 0 Å². The van der Waals surface area contributed by atoms with E-state index < -0.39 is 41.2 Å². The number of hydrogen-bond donors (Lipinski definition) is 1. The fraction of sp³-hybridized carbons (Fsp3) is 0.0526. The van der Waals surface area contributed by atoms with E-state index in [1.165, 1.54) is 48.7 Å². The second-order valence-corrected chi connectivity index (χ2v) is 9.00. The van der Waals surface area contributed by atoms with Gasteiger partial charge in [0.15, 0.2) is 0 Å². The molecular weight excluding hydrogens is 441 g/mol. The third-order valence-corrected chi connectivity index (χ3v) is 7.28. The zero-order valence-corrected chi connectivity index (χ0v) is 16.4. The highest BCUT2D eigenvalue weighted by atomic mass is 32.2. The number of aromatic nitrogens is 1. The number of aliphatic imine (C=N–C) groups is 1. The van der Waals surface area contributed by atoms with Crippen molar-refractivity contribution in [2.24, 2.45) is 4.99 Å². The summed E-state index contributed by atoms with van der Waals surface area (Å²) in [5.74, 6) is -1.48. The van der Waals surface area contributed by atoms with Crippen molar-refractivity contribution in [2.45, 2.75) is 11.2 Å². The number of alkyl halides is 3. The fourth-order valence-corrected chi connectivity index (χ4v) is 5.92. The zero-order chi connectivity index (χ0) is 21.7. The standard InChI is InChI=1S/C19H11F3N2O4S2/c20-19(21,22)24-17(25)15(29-18(24)26)16(30(27,28)11-5-2-1-3-6-11)13-7-4-8-14-12(13)9-10-23-14/h1-10,25H. The zero-order valence-electron chi connectivity index (χ0n) is 14.8. The van der Waals surface area contributed by atoms with Crippen LogP contribution in [0.2, 0.25) is 0 Å². The molecule has 2 aromatic carbocycles. The van der Waals surface area contributed by atoms with E-state index in [-0.39, 0.29) is 21.5 Å². The second-order valence-electron chi connectivity index (χ2n) is 6.15. The van der Waals surface area contributed by atoms with Crippen LogP contribution in [0.4, 0.5) is 18.9 Å². The average Bonchev–Trinajstić information content (AvgIpc) is 3.27. The lowest BCUT2D eigenvalue weighted by atomic mass is 10.2. The van der Waals surface area contributed by atoms with E-state index in [9.17, 15) is 31.5 Å². The second kappa shape index (κ2) is 6.96. The van der Waals surface area contributed by atoms with E-state index in [2.05, 4.69) is 4.99 Å². The van der Waals surface area contributed by atoms with Crippen LogP contribution < -0.4 is 15.3 Å². The van der Waals surface area contributed by atoms with Gasteiger partial charge in [0.2, 0.25) is 15.7 Å². The van der Waals surface area contributed by atoms with Gasteiger partial charge in [0.25, 0.3) is 0 Å². The molecule has 1 aliphatic rings. The van der Waals surface area contributed by atoms with E-state index in [4.69, 9.17) is 0 Å². The predicted molar refractivity (Wildman–Crippen MR) is 106 cm³/mol. The highest BCUT2D eigenvalue weighted by Crippen LogP contribution is 2.37. The number of rotatable bonds is 3. The number of benzene rings is 2. The van der Waals surface area contributed by atoms with Crippen molar-refractivity contribution in [3.05, 3.63) is 73.5 Å². The number of aromatic hydroxyl groups is 1. The molecule has 0 bridgehead atoms. The maximum absolute atomic E-state index is 13.5. The SMILES string of the molecule is O=c1sc(C(=c2cccc3c2=CC=N3)S(=O)(=O)c2ccccc2)c(O)n1C(F)(F)F. The number of nitrogens with zero attached hydrogens (tertiary/aromatic N) is 2. The van der Waals surface area contributed by atoms with Gasteiger partial charge in [-0.15, -0.1) is 13.2 Å². The Morgan fingerprint density at radius 3 is 2.40 bits per heavy atom. The topological polar surface area (TPSA) is 88.7 Å². The molecule has 6 nitrogen and oxygen atoms in total. The van der Waals surface area contributed by atoms with E-state index in [0.717, 1.165) is 0 Å². The van der Waals surface area contributed by atoms with Gasteiger partial charge in [-0.05, 0) is 24.3 Å². The van der Waals surface area contributed by atoms with Crippen LogP contribution in [-0.4, -0.2) is 24.3 Å². The van der Waals surface area contributed by atoms with E-state index in [1.807, 2.05) is 0 Å². The Labute approximate surface area is 171 Å². The van der Waals surface area contributed by atoms with Crippen molar-refractivity contribution in [3.8, 4) is 5.88 Å². The number of fused-ring (bicyclic) bond motifs is 1. The molecule has 0 aliphatic carbocycles. The summed E-state index contributed by atoms with van der Waals surface area (Å²) in [7, 11) is -4.43. The Morgan fingerprint density at radius 2 is 1.77 bits per heavy atom. The Hall–Kier alpha value is -3.18. The molecule has 1 aromatic heterocycles. The van der Waals surface area contributed by atoms with Crippen molar-refractivity contribution in [2.75, 3.05) is 0 Å². The molecule has 2 heterocycles. The first-order valence-electron chi connectivity index (χ1n) is 8.32. The van der Waals surface area contributed by atoms with Crippen LogP contribution in [0.15, 0.2) is 63.2 Å². The third kappa shape index (κ3) is 3.15. The molecule has 0 fully saturated rings. The maximum atomic E-state index is 13.5. The van der Waals surface area contributed by atoms with Crippen LogP contribution in [-0.2, 0) is 16.1 Å². The molecule has 1 aliphatic heterocycles. The van der Waals surface area contributed by atoms with Gasteiger partial charge >= 0.3 is 11.2 Å². The fourth-order valence-electron chi connectivity index (χ4n) is 3.08. The molecule has 1 N–H and O–H groups in total. The minimum absolute atomic E-state index is 0.00429. The summed E-state index contributed by atoms with van der Waals surface area (Å²) in [5.41, 5.74) is 0.412. The molecule has 4 rings (SSSR count). The van der Waals surface area contributed by atoms with Crippen molar-refractivity contribution < 1.29 is 26.7 Å². The van der Waals surface area contributed by atoms with Gasteiger partial charge in [-0.1, -0.05) is 41.7 Å². The normalized spacial score (nSPS) is 14.4. The molecule has 154 valence electrons. The Kier molecular flexibility index (Phi) is 4.66. The van der Waals surface area contributed by atoms with Crippen molar-refractivity contribution in [3.63, 3.8) is 0 Å².